The maximum absolute atomic E-state index is 12.3. The number of aromatic nitrogens is 2. The molecule has 3 aromatic rings. The van der Waals surface area contributed by atoms with E-state index in [-0.39, 0.29) is 10.6 Å². The van der Waals surface area contributed by atoms with E-state index >= 15 is 0 Å². The predicted octanol–water partition coefficient (Wildman–Crippen LogP) is 3.30. The normalized spacial score (nSPS) is 13.0. The van der Waals surface area contributed by atoms with E-state index < -0.39 is 18.5 Å². The van der Waals surface area contributed by atoms with E-state index in [1.807, 2.05) is 0 Å². The van der Waals surface area contributed by atoms with Crippen molar-refractivity contribution >= 4 is 51.9 Å². The molecule has 144 valence electrons. The summed E-state index contributed by atoms with van der Waals surface area (Å²) < 4.78 is 24.4. The van der Waals surface area contributed by atoms with Gasteiger partial charge in [-0.15, -0.1) is 0 Å². The molecule has 2 aromatic carbocycles. The van der Waals surface area contributed by atoms with Crippen molar-refractivity contribution in [3.05, 3.63) is 40.9 Å². The summed E-state index contributed by atoms with van der Waals surface area (Å²) in [4.78, 5) is 24.5. The summed E-state index contributed by atoms with van der Waals surface area (Å²) in [6.07, 6.45) is 0.715. The lowest BCUT2D eigenvalue weighted by molar-refractivity contribution is -0.119. The molecule has 0 saturated carbocycles. The highest BCUT2D eigenvalue weighted by Crippen LogP contribution is 2.38. The number of carbonyl (C=O) groups excluding carboxylic acids is 2. The lowest BCUT2D eigenvalue weighted by Gasteiger charge is -2.11. The van der Waals surface area contributed by atoms with Gasteiger partial charge in [0.05, 0.1) is 41.2 Å². The van der Waals surface area contributed by atoms with Gasteiger partial charge in [-0.2, -0.15) is 8.75 Å². The molecule has 0 atom stereocenters. The zero-order valence-electron chi connectivity index (χ0n) is 14.4. The van der Waals surface area contributed by atoms with Crippen LogP contribution >= 0.6 is 23.3 Å². The molecule has 0 bridgehead atoms. The Kier molecular flexibility index (Phi) is 5.27. The maximum atomic E-state index is 12.3. The highest BCUT2D eigenvalue weighted by molar-refractivity contribution is 7.00. The number of benzene rings is 2. The molecule has 0 fully saturated rings. The third kappa shape index (κ3) is 3.85. The van der Waals surface area contributed by atoms with Crippen molar-refractivity contribution < 1.29 is 23.8 Å². The van der Waals surface area contributed by atoms with Crippen LogP contribution in [0.25, 0.3) is 11.0 Å². The number of rotatable bonds is 4. The Morgan fingerprint density at radius 1 is 1.21 bits per heavy atom. The van der Waals surface area contributed by atoms with E-state index in [1.54, 1.807) is 18.2 Å². The van der Waals surface area contributed by atoms with E-state index in [9.17, 15) is 9.59 Å². The molecule has 10 heteroatoms. The molecule has 1 aromatic heterocycles. The number of halogens is 1. The molecule has 4 rings (SSSR count). The topological polar surface area (TPSA) is 99.6 Å². The second-order valence-electron chi connectivity index (χ2n) is 5.90. The maximum Gasteiger partial charge on any atom is 0.338 e. The second kappa shape index (κ2) is 7.99. The van der Waals surface area contributed by atoms with Gasteiger partial charge in [0.2, 0.25) is 0 Å². The van der Waals surface area contributed by atoms with E-state index in [1.165, 1.54) is 12.1 Å². The molecular weight excluding hydrogens is 406 g/mol. The van der Waals surface area contributed by atoms with Gasteiger partial charge in [0.25, 0.3) is 5.91 Å². The van der Waals surface area contributed by atoms with Crippen molar-refractivity contribution in [2.45, 2.75) is 6.42 Å². The number of hydrogen-bond donors (Lipinski definition) is 1. The van der Waals surface area contributed by atoms with Crippen molar-refractivity contribution in [1.82, 2.24) is 8.75 Å². The fraction of sp³-hybridized carbons (Fsp3) is 0.222. The number of nitrogens with one attached hydrogen (secondary N) is 1. The van der Waals surface area contributed by atoms with Crippen LogP contribution in [-0.2, 0) is 9.53 Å². The number of ether oxygens (including phenoxy) is 3. The first-order valence-electron chi connectivity index (χ1n) is 8.39. The average Bonchev–Trinajstić information content (AvgIpc) is 3.04. The van der Waals surface area contributed by atoms with Crippen LogP contribution in [0.5, 0.6) is 11.5 Å². The molecule has 1 aliphatic heterocycles. The Hall–Kier alpha value is -2.91. The van der Waals surface area contributed by atoms with Gasteiger partial charge in [0, 0.05) is 6.42 Å². The number of amides is 1. The monoisotopic (exact) mass is 419 g/mol. The molecule has 0 saturated heterocycles. The Morgan fingerprint density at radius 2 is 2.07 bits per heavy atom. The highest BCUT2D eigenvalue weighted by atomic mass is 35.5. The molecule has 0 spiro atoms. The molecule has 2 heterocycles. The Labute approximate surface area is 168 Å². The molecular formula is C18H14ClN3O5S. The number of hydrogen-bond acceptors (Lipinski definition) is 8. The van der Waals surface area contributed by atoms with Crippen LogP contribution in [0, 0.1) is 0 Å². The van der Waals surface area contributed by atoms with Gasteiger partial charge in [-0.05, 0) is 24.3 Å². The van der Waals surface area contributed by atoms with E-state index in [0.29, 0.717) is 47.9 Å². The minimum absolute atomic E-state index is 0.174. The smallest absolute Gasteiger partial charge is 0.338 e. The first kappa shape index (κ1) is 18.5. The van der Waals surface area contributed by atoms with Crippen LogP contribution in [0.3, 0.4) is 0 Å². The van der Waals surface area contributed by atoms with Crippen LogP contribution in [-0.4, -0.2) is 40.4 Å². The van der Waals surface area contributed by atoms with E-state index in [0.717, 1.165) is 11.7 Å². The minimum Gasteiger partial charge on any atom is -0.489 e. The minimum atomic E-state index is -0.693. The largest absolute Gasteiger partial charge is 0.489 e. The first-order chi connectivity index (χ1) is 13.6. The Bertz CT molecular complexity index is 1050. The molecule has 1 aliphatic rings. The van der Waals surface area contributed by atoms with Gasteiger partial charge in [-0.25, -0.2) is 4.79 Å². The number of carbonyl (C=O) groups is 2. The van der Waals surface area contributed by atoms with Gasteiger partial charge in [0.1, 0.15) is 11.0 Å². The summed E-state index contributed by atoms with van der Waals surface area (Å²) >= 11 is 7.23. The van der Waals surface area contributed by atoms with Gasteiger partial charge >= 0.3 is 5.97 Å². The molecule has 1 amide bonds. The van der Waals surface area contributed by atoms with Crippen LogP contribution < -0.4 is 14.8 Å². The summed E-state index contributed by atoms with van der Waals surface area (Å²) in [6.45, 7) is 0.484. The Morgan fingerprint density at radius 3 is 2.96 bits per heavy atom. The van der Waals surface area contributed by atoms with Crippen molar-refractivity contribution in [1.29, 1.82) is 0 Å². The summed E-state index contributed by atoms with van der Waals surface area (Å²) in [7, 11) is 0. The SMILES string of the molecule is O=C(COC(=O)c1cc(Cl)c2c(c1)OCCCO2)Nc1cccc2nsnc12. The van der Waals surface area contributed by atoms with Gasteiger partial charge in [0.15, 0.2) is 18.1 Å². The quantitative estimate of drug-likeness (QED) is 0.647. The average molecular weight is 420 g/mol. The number of esters is 1. The molecule has 1 N–H and O–H groups in total. The number of fused-ring (bicyclic) bond motifs is 2. The summed E-state index contributed by atoms with van der Waals surface area (Å²) in [6, 6.07) is 8.17. The molecule has 0 unspecified atom stereocenters. The van der Waals surface area contributed by atoms with Crippen LogP contribution in [0.4, 0.5) is 5.69 Å². The fourth-order valence-corrected chi connectivity index (χ4v) is 3.47. The van der Waals surface area contributed by atoms with E-state index in [4.69, 9.17) is 25.8 Å². The number of anilines is 1. The van der Waals surface area contributed by atoms with Crippen molar-refractivity contribution in [2.24, 2.45) is 0 Å². The van der Waals surface area contributed by atoms with Gasteiger partial charge in [-0.3, -0.25) is 4.79 Å². The number of nitrogens with zero attached hydrogens (tertiary/aromatic N) is 2. The zero-order chi connectivity index (χ0) is 19.5. The van der Waals surface area contributed by atoms with Crippen LogP contribution in [0.1, 0.15) is 16.8 Å². The third-order valence-corrected chi connectivity index (χ3v) is 4.76. The van der Waals surface area contributed by atoms with Crippen molar-refractivity contribution in [2.75, 3.05) is 25.1 Å². The lowest BCUT2D eigenvalue weighted by Crippen LogP contribution is -2.21. The molecule has 8 nitrogen and oxygen atoms in total. The first-order valence-corrected chi connectivity index (χ1v) is 9.50. The lowest BCUT2D eigenvalue weighted by atomic mass is 10.2. The third-order valence-electron chi connectivity index (χ3n) is 3.93. The second-order valence-corrected chi connectivity index (χ2v) is 6.83. The summed E-state index contributed by atoms with van der Waals surface area (Å²) in [5, 5.41) is 2.91. The highest BCUT2D eigenvalue weighted by Gasteiger charge is 2.20. The van der Waals surface area contributed by atoms with Gasteiger partial charge in [-0.1, -0.05) is 17.7 Å². The van der Waals surface area contributed by atoms with Gasteiger partial charge < -0.3 is 19.5 Å². The molecule has 0 aliphatic carbocycles. The van der Waals surface area contributed by atoms with Crippen LogP contribution in [0.2, 0.25) is 5.02 Å². The fourth-order valence-electron chi connectivity index (χ4n) is 2.66. The summed E-state index contributed by atoms with van der Waals surface area (Å²) in [5.41, 5.74) is 1.95. The van der Waals surface area contributed by atoms with Crippen molar-refractivity contribution in [3.8, 4) is 11.5 Å². The Balaban J connectivity index is 1.41. The molecule has 28 heavy (non-hydrogen) atoms. The van der Waals surface area contributed by atoms with Crippen LogP contribution in [0.15, 0.2) is 30.3 Å². The van der Waals surface area contributed by atoms with E-state index in [2.05, 4.69) is 14.1 Å². The summed E-state index contributed by atoms with van der Waals surface area (Å²) in [5.74, 6) is -0.405. The molecule has 0 radical (unpaired) electrons. The zero-order valence-corrected chi connectivity index (χ0v) is 16.0. The van der Waals surface area contributed by atoms with Crippen molar-refractivity contribution in [3.63, 3.8) is 0 Å². The standard InChI is InChI=1S/C18H14ClN3O5S/c19-11-7-10(8-14-17(11)26-6-2-5-25-14)18(24)27-9-15(23)20-12-3-1-4-13-16(12)22-28-21-13/h1,3-4,7-8H,2,5-6,9H2,(H,20,23). The predicted molar refractivity (Wildman–Crippen MR) is 103 cm³/mol.